The van der Waals surface area contributed by atoms with Crippen LogP contribution in [0.25, 0.3) is 0 Å². The van der Waals surface area contributed by atoms with E-state index in [9.17, 15) is 9.59 Å². The van der Waals surface area contributed by atoms with Gasteiger partial charge < -0.3 is 19.0 Å². The quantitative estimate of drug-likeness (QED) is 0.828. The lowest BCUT2D eigenvalue weighted by Crippen LogP contribution is -2.37. The minimum atomic E-state index is -0.125. The van der Waals surface area contributed by atoms with Gasteiger partial charge in [0.1, 0.15) is 5.75 Å². The molecule has 3 rings (SSSR count). The molecule has 0 N–H and O–H groups in total. The Bertz CT molecular complexity index is 799. The van der Waals surface area contributed by atoms with Crippen molar-refractivity contribution >= 4 is 11.8 Å². The van der Waals surface area contributed by atoms with Crippen LogP contribution in [-0.4, -0.2) is 53.9 Å². The van der Waals surface area contributed by atoms with Crippen LogP contribution < -0.4 is 4.74 Å². The van der Waals surface area contributed by atoms with Gasteiger partial charge >= 0.3 is 0 Å². The van der Waals surface area contributed by atoms with Crippen molar-refractivity contribution in [3.63, 3.8) is 0 Å². The first-order valence-corrected chi connectivity index (χ1v) is 9.35. The standard InChI is InChI=1S/C21H26N2O4/c1-15(2)27-18-8-7-17(14-16(18)3)20(24)22-9-5-10-23(12-11-22)21(25)19-6-4-13-26-19/h4,6-8,13-15H,5,9-12H2,1-3H3. The molecule has 2 heterocycles. The summed E-state index contributed by atoms with van der Waals surface area (Å²) in [6.07, 6.45) is 2.33. The minimum Gasteiger partial charge on any atom is -0.491 e. The number of aryl methyl sites for hydroxylation is 1. The Morgan fingerprint density at radius 1 is 1.04 bits per heavy atom. The summed E-state index contributed by atoms with van der Waals surface area (Å²) in [5.41, 5.74) is 1.59. The lowest BCUT2D eigenvalue weighted by atomic mass is 10.1. The second-order valence-electron chi connectivity index (χ2n) is 7.06. The number of rotatable bonds is 4. The van der Waals surface area contributed by atoms with Gasteiger partial charge in [0.25, 0.3) is 11.8 Å². The minimum absolute atomic E-state index is 0.0125. The lowest BCUT2D eigenvalue weighted by Gasteiger charge is -2.22. The van der Waals surface area contributed by atoms with Crippen LogP contribution in [0.3, 0.4) is 0 Å². The van der Waals surface area contributed by atoms with Crippen LogP contribution in [0.4, 0.5) is 0 Å². The van der Waals surface area contributed by atoms with Crippen molar-refractivity contribution in [2.24, 2.45) is 0 Å². The largest absolute Gasteiger partial charge is 0.491 e. The van der Waals surface area contributed by atoms with E-state index in [2.05, 4.69) is 0 Å². The third-order valence-corrected chi connectivity index (χ3v) is 4.59. The van der Waals surface area contributed by atoms with Gasteiger partial charge in [-0.15, -0.1) is 0 Å². The Hall–Kier alpha value is -2.76. The fraction of sp³-hybridized carbons (Fsp3) is 0.429. The average molecular weight is 370 g/mol. The first kappa shape index (κ1) is 19.0. The first-order valence-electron chi connectivity index (χ1n) is 9.35. The molecule has 0 unspecified atom stereocenters. The third-order valence-electron chi connectivity index (χ3n) is 4.59. The van der Waals surface area contributed by atoms with E-state index >= 15 is 0 Å². The van der Waals surface area contributed by atoms with E-state index in [1.807, 2.05) is 43.9 Å². The number of hydrogen-bond donors (Lipinski definition) is 0. The Balaban J connectivity index is 1.66. The zero-order valence-corrected chi connectivity index (χ0v) is 16.1. The molecule has 0 radical (unpaired) electrons. The Labute approximate surface area is 159 Å². The Morgan fingerprint density at radius 2 is 1.74 bits per heavy atom. The molecule has 0 bridgehead atoms. The van der Waals surface area contributed by atoms with Crippen LogP contribution >= 0.6 is 0 Å². The molecule has 1 fully saturated rings. The molecule has 1 saturated heterocycles. The molecule has 0 aliphatic carbocycles. The summed E-state index contributed by atoms with van der Waals surface area (Å²) in [5, 5.41) is 0. The Kier molecular flexibility index (Phi) is 5.84. The van der Waals surface area contributed by atoms with Crippen LogP contribution in [0, 0.1) is 6.92 Å². The predicted octanol–water partition coefficient (Wildman–Crippen LogP) is 3.36. The van der Waals surface area contributed by atoms with Crippen molar-refractivity contribution in [1.82, 2.24) is 9.80 Å². The van der Waals surface area contributed by atoms with E-state index in [4.69, 9.17) is 9.15 Å². The highest BCUT2D eigenvalue weighted by Crippen LogP contribution is 2.22. The number of amides is 2. The van der Waals surface area contributed by atoms with Gasteiger partial charge in [0, 0.05) is 31.7 Å². The fourth-order valence-electron chi connectivity index (χ4n) is 3.23. The monoisotopic (exact) mass is 370 g/mol. The van der Waals surface area contributed by atoms with Gasteiger partial charge in [0.05, 0.1) is 12.4 Å². The van der Waals surface area contributed by atoms with Crippen LogP contribution in [0.5, 0.6) is 5.75 Å². The van der Waals surface area contributed by atoms with Crippen LogP contribution in [0.1, 0.15) is 46.7 Å². The summed E-state index contributed by atoms with van der Waals surface area (Å²) >= 11 is 0. The lowest BCUT2D eigenvalue weighted by molar-refractivity contribution is 0.0700. The number of benzene rings is 1. The molecule has 2 amide bonds. The van der Waals surface area contributed by atoms with Crippen molar-refractivity contribution in [2.45, 2.75) is 33.3 Å². The molecule has 1 aromatic heterocycles. The molecule has 6 heteroatoms. The second kappa shape index (κ2) is 8.29. The number of hydrogen-bond acceptors (Lipinski definition) is 4. The molecule has 27 heavy (non-hydrogen) atoms. The molecule has 1 aromatic carbocycles. The molecule has 2 aromatic rings. The molecule has 1 aliphatic rings. The van der Waals surface area contributed by atoms with E-state index < -0.39 is 0 Å². The molecule has 6 nitrogen and oxygen atoms in total. The van der Waals surface area contributed by atoms with E-state index in [-0.39, 0.29) is 17.9 Å². The summed E-state index contributed by atoms with van der Waals surface area (Å²) in [7, 11) is 0. The number of carbonyl (C=O) groups excluding carboxylic acids is 2. The summed E-state index contributed by atoms with van der Waals surface area (Å²) in [4.78, 5) is 28.9. The normalized spacial score (nSPS) is 15.0. The van der Waals surface area contributed by atoms with Crippen molar-refractivity contribution in [3.8, 4) is 5.75 Å². The summed E-state index contributed by atoms with van der Waals surface area (Å²) in [6.45, 7) is 8.15. The molecule has 0 saturated carbocycles. The zero-order valence-electron chi connectivity index (χ0n) is 16.1. The maximum atomic E-state index is 12.9. The van der Waals surface area contributed by atoms with Gasteiger partial charge in [-0.05, 0) is 63.1 Å². The van der Waals surface area contributed by atoms with Gasteiger partial charge in [-0.25, -0.2) is 0 Å². The number of nitrogens with zero attached hydrogens (tertiary/aromatic N) is 2. The molecule has 144 valence electrons. The SMILES string of the molecule is Cc1cc(C(=O)N2CCCN(C(=O)c3ccco3)CC2)ccc1OC(C)C. The van der Waals surface area contributed by atoms with Gasteiger partial charge in [0.2, 0.25) is 0 Å². The van der Waals surface area contributed by atoms with E-state index in [1.165, 1.54) is 6.26 Å². The third kappa shape index (κ3) is 4.51. The number of furan rings is 1. The maximum Gasteiger partial charge on any atom is 0.289 e. The highest BCUT2D eigenvalue weighted by atomic mass is 16.5. The van der Waals surface area contributed by atoms with Crippen molar-refractivity contribution in [1.29, 1.82) is 0 Å². The van der Waals surface area contributed by atoms with Crippen molar-refractivity contribution < 1.29 is 18.7 Å². The maximum absolute atomic E-state index is 12.9. The summed E-state index contributed by atoms with van der Waals surface area (Å²) in [6, 6.07) is 8.91. The molecular formula is C21H26N2O4. The molecule has 0 atom stereocenters. The fourth-order valence-corrected chi connectivity index (χ4v) is 3.23. The second-order valence-corrected chi connectivity index (χ2v) is 7.06. The topological polar surface area (TPSA) is 63.0 Å². The van der Waals surface area contributed by atoms with Crippen molar-refractivity contribution in [3.05, 3.63) is 53.5 Å². The van der Waals surface area contributed by atoms with Gasteiger partial charge in [0.15, 0.2) is 5.76 Å². The van der Waals surface area contributed by atoms with Gasteiger partial charge in [-0.2, -0.15) is 0 Å². The van der Waals surface area contributed by atoms with E-state index in [1.54, 1.807) is 17.0 Å². The van der Waals surface area contributed by atoms with Crippen molar-refractivity contribution in [2.75, 3.05) is 26.2 Å². The van der Waals surface area contributed by atoms with Gasteiger partial charge in [-0.3, -0.25) is 9.59 Å². The van der Waals surface area contributed by atoms with Gasteiger partial charge in [-0.1, -0.05) is 0 Å². The average Bonchev–Trinajstić information content (AvgIpc) is 3.06. The molecular weight excluding hydrogens is 344 g/mol. The van der Waals surface area contributed by atoms with Crippen LogP contribution in [-0.2, 0) is 0 Å². The number of ether oxygens (including phenoxy) is 1. The smallest absolute Gasteiger partial charge is 0.289 e. The Morgan fingerprint density at radius 3 is 2.33 bits per heavy atom. The zero-order chi connectivity index (χ0) is 19.4. The van der Waals surface area contributed by atoms with E-state index in [0.717, 1.165) is 17.7 Å². The van der Waals surface area contributed by atoms with E-state index in [0.29, 0.717) is 37.5 Å². The summed E-state index contributed by atoms with van der Waals surface area (Å²) in [5.74, 6) is 1.00. The van der Waals surface area contributed by atoms with Crippen LogP contribution in [0.2, 0.25) is 0 Å². The predicted molar refractivity (Wildman–Crippen MR) is 102 cm³/mol. The number of carbonyl (C=O) groups is 2. The molecule has 1 aliphatic heterocycles. The van der Waals surface area contributed by atoms with Crippen LogP contribution in [0.15, 0.2) is 41.0 Å². The first-order chi connectivity index (χ1) is 13.0. The highest BCUT2D eigenvalue weighted by molar-refractivity contribution is 5.95. The summed E-state index contributed by atoms with van der Waals surface area (Å²) < 4.78 is 10.9. The highest BCUT2D eigenvalue weighted by Gasteiger charge is 2.25. The molecule has 0 spiro atoms.